The fourth-order valence-corrected chi connectivity index (χ4v) is 3.02. The zero-order valence-corrected chi connectivity index (χ0v) is 16.3. The third-order valence-corrected chi connectivity index (χ3v) is 4.38. The average molecular weight is 358 g/mol. The van der Waals surface area contributed by atoms with Crippen molar-refractivity contribution >= 4 is 17.7 Å². The molecule has 1 aromatic rings. The lowest BCUT2D eigenvalue weighted by molar-refractivity contribution is 0.0577. The maximum absolute atomic E-state index is 12.7. The zero-order valence-electron chi connectivity index (χ0n) is 16.3. The summed E-state index contributed by atoms with van der Waals surface area (Å²) >= 11 is 0. The van der Waals surface area contributed by atoms with Gasteiger partial charge in [-0.05, 0) is 64.2 Å². The topological polar surface area (TPSA) is 66.0 Å². The molecular weight excluding hydrogens is 328 g/mol. The second-order valence-electron chi connectivity index (χ2n) is 8.07. The maximum Gasteiger partial charge on any atom is 0.415 e. The number of hydrogen-bond donors (Lipinski definition) is 2. The van der Waals surface area contributed by atoms with Crippen LogP contribution in [-0.4, -0.2) is 36.8 Å². The van der Waals surface area contributed by atoms with E-state index in [0.717, 1.165) is 49.6 Å². The number of carbonyl (C=O) groups is 1. The summed E-state index contributed by atoms with van der Waals surface area (Å²) in [5.74, 6) is 0.867. The molecule has 0 unspecified atom stereocenters. The summed E-state index contributed by atoms with van der Waals surface area (Å²) in [5, 5.41) is 6.60. The van der Waals surface area contributed by atoms with Crippen LogP contribution in [0.5, 0.6) is 0 Å². The monoisotopic (exact) mass is 358 g/mol. The molecule has 0 radical (unpaired) electrons. The minimum Gasteiger partial charge on any atom is -0.443 e. The highest BCUT2D eigenvalue weighted by molar-refractivity contribution is 5.90. The number of anilines is 1. The van der Waals surface area contributed by atoms with E-state index in [1.807, 2.05) is 31.7 Å². The van der Waals surface area contributed by atoms with Crippen LogP contribution in [0.15, 0.2) is 23.2 Å². The maximum atomic E-state index is 12.7. The Morgan fingerprint density at radius 2 is 2.15 bits per heavy atom. The van der Waals surface area contributed by atoms with Gasteiger partial charge in [0.25, 0.3) is 0 Å². The van der Waals surface area contributed by atoms with Gasteiger partial charge in [-0.3, -0.25) is 9.89 Å². The van der Waals surface area contributed by atoms with Crippen LogP contribution >= 0.6 is 0 Å². The minimum atomic E-state index is -0.490. The number of nitrogens with zero attached hydrogens (tertiary/aromatic N) is 2. The van der Waals surface area contributed by atoms with Crippen molar-refractivity contribution in [2.24, 2.45) is 4.99 Å². The van der Waals surface area contributed by atoms with E-state index in [0.29, 0.717) is 6.54 Å². The zero-order chi connectivity index (χ0) is 18.7. The van der Waals surface area contributed by atoms with Crippen LogP contribution in [0.3, 0.4) is 0 Å². The molecule has 1 heterocycles. The Labute approximate surface area is 156 Å². The first-order valence-electron chi connectivity index (χ1n) is 9.47. The van der Waals surface area contributed by atoms with E-state index < -0.39 is 5.60 Å². The van der Waals surface area contributed by atoms with Crippen LogP contribution in [0.25, 0.3) is 0 Å². The number of rotatable bonds is 4. The molecule has 1 aliphatic carbocycles. The number of nitrogens with one attached hydrogen (secondary N) is 2. The molecule has 3 rings (SSSR count). The summed E-state index contributed by atoms with van der Waals surface area (Å²) in [4.78, 5) is 18.9. The van der Waals surface area contributed by atoms with Crippen LogP contribution in [0.1, 0.15) is 51.2 Å². The fourth-order valence-electron chi connectivity index (χ4n) is 3.02. The first kappa shape index (κ1) is 18.5. The molecule has 1 saturated carbocycles. The molecule has 0 saturated heterocycles. The summed E-state index contributed by atoms with van der Waals surface area (Å²) in [6, 6.07) is 6.49. The Hall–Kier alpha value is -2.24. The van der Waals surface area contributed by atoms with Crippen LogP contribution < -0.4 is 15.5 Å². The van der Waals surface area contributed by atoms with E-state index in [1.54, 1.807) is 0 Å². The molecule has 26 heavy (non-hydrogen) atoms. The van der Waals surface area contributed by atoms with Crippen LogP contribution in [-0.2, 0) is 11.3 Å². The Morgan fingerprint density at radius 1 is 1.38 bits per heavy atom. The van der Waals surface area contributed by atoms with Gasteiger partial charge in [-0.2, -0.15) is 0 Å². The third kappa shape index (κ3) is 4.90. The first-order valence-corrected chi connectivity index (χ1v) is 9.47. The van der Waals surface area contributed by atoms with Gasteiger partial charge < -0.3 is 15.4 Å². The van der Waals surface area contributed by atoms with E-state index >= 15 is 0 Å². The van der Waals surface area contributed by atoms with Gasteiger partial charge in [0.2, 0.25) is 0 Å². The van der Waals surface area contributed by atoms with Crippen LogP contribution in [0, 0.1) is 6.92 Å². The Kier molecular flexibility index (Phi) is 5.39. The van der Waals surface area contributed by atoms with Crippen molar-refractivity contribution in [3.63, 3.8) is 0 Å². The van der Waals surface area contributed by atoms with Gasteiger partial charge in [0, 0.05) is 25.7 Å². The molecule has 6 nitrogen and oxygen atoms in total. The molecule has 0 bridgehead atoms. The van der Waals surface area contributed by atoms with Gasteiger partial charge in [0.05, 0.1) is 5.69 Å². The molecule has 0 aromatic heterocycles. The average Bonchev–Trinajstić information content (AvgIpc) is 3.39. The summed E-state index contributed by atoms with van der Waals surface area (Å²) in [6.45, 7) is 10.3. The minimum absolute atomic E-state index is 0.255. The highest BCUT2D eigenvalue weighted by Crippen LogP contribution is 2.35. The smallest absolute Gasteiger partial charge is 0.415 e. The quantitative estimate of drug-likeness (QED) is 0.866. The molecule has 1 aromatic carbocycles. The molecule has 2 aliphatic rings. The van der Waals surface area contributed by atoms with Gasteiger partial charge in [-0.1, -0.05) is 12.1 Å². The summed E-state index contributed by atoms with van der Waals surface area (Å²) in [7, 11) is 0. The highest BCUT2D eigenvalue weighted by Gasteiger charge is 2.37. The largest absolute Gasteiger partial charge is 0.443 e. The highest BCUT2D eigenvalue weighted by atomic mass is 16.6. The normalized spacial score (nSPS) is 17.2. The van der Waals surface area contributed by atoms with Crippen LogP contribution in [0.2, 0.25) is 0 Å². The lowest BCUT2D eigenvalue weighted by Gasteiger charge is -2.28. The molecular formula is C20H30N4O2. The first-order chi connectivity index (χ1) is 12.3. The van der Waals surface area contributed by atoms with Crippen molar-refractivity contribution in [1.82, 2.24) is 10.6 Å². The van der Waals surface area contributed by atoms with Crippen molar-refractivity contribution in [2.45, 2.75) is 65.1 Å². The molecule has 1 fully saturated rings. The Morgan fingerprint density at radius 3 is 2.73 bits per heavy atom. The van der Waals surface area contributed by atoms with Gasteiger partial charge in [0.1, 0.15) is 5.60 Å². The lowest BCUT2D eigenvalue weighted by atomic mass is 10.1. The van der Waals surface area contributed by atoms with Crippen molar-refractivity contribution in [1.29, 1.82) is 0 Å². The molecule has 1 amide bonds. The second kappa shape index (κ2) is 7.56. The number of amides is 1. The van der Waals surface area contributed by atoms with E-state index in [2.05, 4.69) is 34.7 Å². The number of hydrogen-bond acceptors (Lipinski definition) is 5. The number of carbonyl (C=O) groups excluding carboxylic acids is 1. The summed E-state index contributed by atoms with van der Waals surface area (Å²) in [5.41, 5.74) is 2.70. The lowest BCUT2D eigenvalue weighted by Crippen LogP contribution is -2.40. The number of benzene rings is 1. The third-order valence-electron chi connectivity index (χ3n) is 4.38. The van der Waals surface area contributed by atoms with Gasteiger partial charge in [0.15, 0.2) is 5.96 Å². The van der Waals surface area contributed by atoms with Gasteiger partial charge >= 0.3 is 6.09 Å². The van der Waals surface area contributed by atoms with Gasteiger partial charge in [-0.15, -0.1) is 0 Å². The fraction of sp³-hybridized carbons (Fsp3) is 0.600. The summed E-state index contributed by atoms with van der Waals surface area (Å²) < 4.78 is 5.62. The number of aryl methyl sites for hydroxylation is 1. The molecule has 2 N–H and O–H groups in total. The molecule has 0 spiro atoms. The van der Waals surface area contributed by atoms with Crippen molar-refractivity contribution in [3.8, 4) is 0 Å². The van der Waals surface area contributed by atoms with Crippen molar-refractivity contribution < 1.29 is 9.53 Å². The number of ether oxygens (including phenoxy) is 1. The number of guanidine groups is 1. The molecule has 1 aliphatic heterocycles. The van der Waals surface area contributed by atoms with Crippen LogP contribution in [0.4, 0.5) is 10.5 Å². The Balaban J connectivity index is 1.70. The molecule has 142 valence electrons. The second-order valence-corrected chi connectivity index (χ2v) is 8.07. The predicted octanol–water partition coefficient (Wildman–Crippen LogP) is 3.34. The number of aliphatic imine (C=N–C) groups is 1. The summed E-state index contributed by atoms with van der Waals surface area (Å²) in [6.07, 6.45) is 2.90. The molecule has 0 atom stereocenters. The van der Waals surface area contributed by atoms with E-state index in [-0.39, 0.29) is 12.1 Å². The standard InChI is InChI=1S/C20H30N4O2/c1-14-12-15(13-23-18-21-10-5-11-22-18)6-9-17(14)24(16-7-8-16)19(25)26-20(2,3)4/h6,9,12,16H,5,7-8,10-11,13H2,1-4H3,(H2,21,22,23). The van der Waals surface area contributed by atoms with E-state index in [1.165, 1.54) is 5.56 Å². The predicted molar refractivity (Wildman–Crippen MR) is 105 cm³/mol. The van der Waals surface area contributed by atoms with Crippen molar-refractivity contribution in [2.75, 3.05) is 18.0 Å². The van der Waals surface area contributed by atoms with E-state index in [9.17, 15) is 4.79 Å². The SMILES string of the molecule is Cc1cc(CNC2=NCCCN2)ccc1N(C(=O)OC(C)(C)C)C1CC1. The Bertz CT molecular complexity index is 690. The van der Waals surface area contributed by atoms with Crippen molar-refractivity contribution in [3.05, 3.63) is 29.3 Å². The van der Waals surface area contributed by atoms with E-state index in [4.69, 9.17) is 4.74 Å². The van der Waals surface area contributed by atoms with Gasteiger partial charge in [-0.25, -0.2) is 4.79 Å². The molecule has 6 heteroatoms.